The average Bonchev–Trinajstić information content (AvgIpc) is 3.33. The fourth-order valence-corrected chi connectivity index (χ4v) is 11.0. The zero-order valence-electron chi connectivity index (χ0n) is 24.1. The van der Waals surface area contributed by atoms with Gasteiger partial charge in [0.2, 0.25) is 0 Å². The predicted octanol–water partition coefficient (Wildman–Crippen LogP) is 8.22. The third-order valence-electron chi connectivity index (χ3n) is 12.0. The topological polar surface area (TPSA) is 40.5 Å². The zero-order chi connectivity index (χ0) is 28.4. The van der Waals surface area contributed by atoms with Crippen LogP contribution >= 0.6 is 0 Å². The van der Waals surface area contributed by atoms with Crippen LogP contribution in [-0.2, 0) is 5.41 Å². The second-order valence-electron chi connectivity index (χ2n) is 13.9. The first-order valence-corrected chi connectivity index (χ1v) is 16.1. The van der Waals surface area contributed by atoms with E-state index in [1.165, 1.54) is 65.1 Å². The molecule has 0 aliphatic heterocycles. The molecule has 11 rings (SSSR count). The van der Waals surface area contributed by atoms with Crippen LogP contribution in [0.1, 0.15) is 43.2 Å². The average molecular weight is 557 g/mol. The SMILES string of the molecule is OB(O)c1c2ccccc2c(-c2cccc3c2-c2ccc4ccccc4c2C32C3CC4CC(C3)CC2C4)c2ccccc12. The first-order chi connectivity index (χ1) is 21.1. The van der Waals surface area contributed by atoms with Gasteiger partial charge in [-0.1, -0.05) is 103 Å². The maximum atomic E-state index is 10.6. The van der Waals surface area contributed by atoms with Crippen molar-refractivity contribution in [3.8, 4) is 22.3 Å². The van der Waals surface area contributed by atoms with Gasteiger partial charge in [-0.2, -0.15) is 0 Å². The molecular formula is C40H33BO2. The number of fused-ring (bicyclic) bond motifs is 7. The molecule has 4 fully saturated rings. The van der Waals surface area contributed by atoms with Gasteiger partial charge in [0.05, 0.1) is 0 Å². The van der Waals surface area contributed by atoms with Gasteiger partial charge in [-0.05, 0) is 127 Å². The van der Waals surface area contributed by atoms with Crippen LogP contribution in [0.4, 0.5) is 0 Å². The molecule has 208 valence electrons. The lowest BCUT2D eigenvalue weighted by molar-refractivity contribution is -0.0393. The molecule has 0 unspecified atom stereocenters. The summed E-state index contributed by atoms with van der Waals surface area (Å²) < 4.78 is 0. The van der Waals surface area contributed by atoms with Gasteiger partial charge >= 0.3 is 7.12 Å². The number of hydrogen-bond donors (Lipinski definition) is 2. The molecule has 4 bridgehead atoms. The fraction of sp³-hybridized carbons (Fsp3) is 0.250. The van der Waals surface area contributed by atoms with Crippen LogP contribution in [0.2, 0.25) is 0 Å². The van der Waals surface area contributed by atoms with E-state index in [0.29, 0.717) is 17.3 Å². The predicted molar refractivity (Wildman–Crippen MR) is 177 cm³/mol. The summed E-state index contributed by atoms with van der Waals surface area (Å²) >= 11 is 0. The van der Waals surface area contributed by atoms with Crippen LogP contribution < -0.4 is 5.46 Å². The van der Waals surface area contributed by atoms with E-state index in [9.17, 15) is 10.0 Å². The summed E-state index contributed by atoms with van der Waals surface area (Å²) in [5.74, 6) is 3.16. The Kier molecular flexibility index (Phi) is 4.90. The van der Waals surface area contributed by atoms with E-state index in [1.54, 1.807) is 11.1 Å². The van der Waals surface area contributed by atoms with E-state index < -0.39 is 7.12 Å². The Morgan fingerprint density at radius 3 is 1.72 bits per heavy atom. The third-order valence-corrected chi connectivity index (χ3v) is 12.0. The van der Waals surface area contributed by atoms with Crippen molar-refractivity contribution in [2.45, 2.75) is 37.5 Å². The molecule has 0 heterocycles. The highest BCUT2D eigenvalue weighted by molar-refractivity contribution is 6.66. The Morgan fingerprint density at radius 1 is 0.512 bits per heavy atom. The van der Waals surface area contributed by atoms with Gasteiger partial charge in [0, 0.05) is 5.41 Å². The zero-order valence-corrected chi connectivity index (χ0v) is 24.1. The summed E-state index contributed by atoms with van der Waals surface area (Å²) in [6.45, 7) is 0. The lowest BCUT2D eigenvalue weighted by Crippen LogP contribution is -2.55. The van der Waals surface area contributed by atoms with E-state index in [2.05, 4.69) is 78.9 Å². The summed E-state index contributed by atoms with van der Waals surface area (Å²) in [6.07, 6.45) is 6.87. The minimum absolute atomic E-state index is 0.0573. The Morgan fingerprint density at radius 2 is 1.09 bits per heavy atom. The minimum Gasteiger partial charge on any atom is -0.423 e. The van der Waals surface area contributed by atoms with E-state index in [-0.39, 0.29) is 5.41 Å². The van der Waals surface area contributed by atoms with E-state index in [0.717, 1.165) is 33.4 Å². The molecule has 4 saturated carbocycles. The summed E-state index contributed by atoms with van der Waals surface area (Å²) in [5.41, 5.74) is 9.08. The molecule has 43 heavy (non-hydrogen) atoms. The Labute approximate surface area is 252 Å². The van der Waals surface area contributed by atoms with Crippen molar-refractivity contribution >= 4 is 44.9 Å². The maximum Gasteiger partial charge on any atom is 0.489 e. The van der Waals surface area contributed by atoms with Gasteiger partial charge < -0.3 is 10.0 Å². The lowest BCUT2D eigenvalue weighted by atomic mass is 9.43. The van der Waals surface area contributed by atoms with Gasteiger partial charge in [0.15, 0.2) is 0 Å². The van der Waals surface area contributed by atoms with Crippen LogP contribution in [0.5, 0.6) is 0 Å². The highest BCUT2D eigenvalue weighted by Crippen LogP contribution is 2.71. The summed E-state index contributed by atoms with van der Waals surface area (Å²) in [6, 6.07) is 37.6. The Balaban J connectivity index is 1.37. The Bertz CT molecular complexity index is 2060. The smallest absolute Gasteiger partial charge is 0.423 e. The second kappa shape index (κ2) is 8.59. The summed E-state index contributed by atoms with van der Waals surface area (Å²) in [7, 11) is -1.55. The highest BCUT2D eigenvalue weighted by Gasteiger charge is 2.62. The first-order valence-electron chi connectivity index (χ1n) is 16.1. The van der Waals surface area contributed by atoms with Gasteiger partial charge in [-0.3, -0.25) is 0 Å². The monoisotopic (exact) mass is 556 g/mol. The molecule has 0 amide bonds. The van der Waals surface area contributed by atoms with Crippen molar-refractivity contribution in [2.24, 2.45) is 23.7 Å². The molecule has 6 aromatic rings. The van der Waals surface area contributed by atoms with Crippen LogP contribution in [0.25, 0.3) is 54.6 Å². The summed E-state index contributed by atoms with van der Waals surface area (Å²) in [4.78, 5) is 0. The van der Waals surface area contributed by atoms with Crippen LogP contribution in [0, 0.1) is 23.7 Å². The van der Waals surface area contributed by atoms with Crippen molar-refractivity contribution in [2.75, 3.05) is 0 Å². The van der Waals surface area contributed by atoms with Gasteiger partial charge in [0.25, 0.3) is 0 Å². The maximum absolute atomic E-state index is 10.6. The van der Waals surface area contributed by atoms with Crippen molar-refractivity contribution in [1.82, 2.24) is 0 Å². The van der Waals surface area contributed by atoms with Crippen molar-refractivity contribution in [3.63, 3.8) is 0 Å². The molecule has 0 atom stereocenters. The molecular weight excluding hydrogens is 523 g/mol. The number of rotatable bonds is 2. The van der Waals surface area contributed by atoms with Crippen LogP contribution in [0.15, 0.2) is 103 Å². The molecule has 0 saturated heterocycles. The highest BCUT2D eigenvalue weighted by atomic mass is 16.4. The van der Waals surface area contributed by atoms with Crippen molar-refractivity contribution < 1.29 is 10.0 Å². The van der Waals surface area contributed by atoms with Crippen LogP contribution in [-0.4, -0.2) is 17.2 Å². The van der Waals surface area contributed by atoms with Crippen LogP contribution in [0.3, 0.4) is 0 Å². The molecule has 0 radical (unpaired) electrons. The minimum atomic E-state index is -1.55. The van der Waals surface area contributed by atoms with Gasteiger partial charge in [-0.25, -0.2) is 0 Å². The molecule has 2 nitrogen and oxygen atoms in total. The normalized spacial score (nSPS) is 26.5. The fourth-order valence-electron chi connectivity index (χ4n) is 11.0. The second-order valence-corrected chi connectivity index (χ2v) is 13.9. The largest absolute Gasteiger partial charge is 0.489 e. The third kappa shape index (κ3) is 3.02. The quantitative estimate of drug-likeness (QED) is 0.167. The van der Waals surface area contributed by atoms with Crippen molar-refractivity contribution in [1.29, 1.82) is 0 Å². The molecule has 6 aromatic carbocycles. The van der Waals surface area contributed by atoms with E-state index >= 15 is 0 Å². The first kappa shape index (κ1) is 24.5. The molecule has 1 spiro atoms. The molecule has 3 heteroatoms. The molecule has 5 aliphatic carbocycles. The van der Waals surface area contributed by atoms with Gasteiger partial charge in [0.1, 0.15) is 0 Å². The van der Waals surface area contributed by atoms with Crippen molar-refractivity contribution in [3.05, 3.63) is 114 Å². The number of benzene rings is 6. The van der Waals surface area contributed by atoms with E-state index in [4.69, 9.17) is 0 Å². The molecule has 5 aliphatic rings. The molecule has 2 N–H and O–H groups in total. The van der Waals surface area contributed by atoms with E-state index in [1.807, 2.05) is 24.3 Å². The lowest BCUT2D eigenvalue weighted by Gasteiger charge is -2.61. The van der Waals surface area contributed by atoms with Gasteiger partial charge in [-0.15, -0.1) is 0 Å². The summed E-state index contributed by atoms with van der Waals surface area (Å²) in [5, 5.41) is 28.0. The Hall–Kier alpha value is -3.92. The number of hydrogen-bond acceptors (Lipinski definition) is 2. The molecule has 0 aromatic heterocycles. The standard InChI is InChI=1S/C40H33BO2/c42-41(43)39-31-12-5-3-10-29(31)36(30-11-4-6-13-32(30)39)33-14-7-15-35-37(33)34-17-16-25-8-1-2-9-28(25)38(34)40(35)26-19-23-18-24(21-26)22-27(40)20-23/h1-17,23-24,26-27,42-43H,18-22H2.